The molecule has 0 radical (unpaired) electrons. The Kier molecular flexibility index (Phi) is 2.32. The van der Waals surface area contributed by atoms with Crippen molar-refractivity contribution >= 4 is 16.9 Å². The Morgan fingerprint density at radius 1 is 1.50 bits per heavy atom. The van der Waals surface area contributed by atoms with Gasteiger partial charge in [0.15, 0.2) is 5.82 Å². The molecule has 14 heavy (non-hydrogen) atoms. The minimum atomic E-state index is 0.596. The van der Waals surface area contributed by atoms with Crippen LogP contribution in [0, 0.1) is 0 Å². The lowest BCUT2D eigenvalue weighted by molar-refractivity contribution is 0.209. The molecule has 74 valence electrons. The molecule has 0 aliphatic carbocycles. The Balaban J connectivity index is 2.44. The van der Waals surface area contributed by atoms with E-state index in [1.54, 1.807) is 0 Å². The van der Waals surface area contributed by atoms with Crippen LogP contribution in [0.25, 0.3) is 11.0 Å². The summed E-state index contributed by atoms with van der Waals surface area (Å²) in [5.41, 5.74) is 3.68. The molecule has 0 fully saturated rings. The molecule has 1 N–H and O–H groups in total. The summed E-state index contributed by atoms with van der Waals surface area (Å²) in [5, 5.41) is 0.962. The van der Waals surface area contributed by atoms with Crippen LogP contribution in [0.3, 0.4) is 0 Å². The zero-order chi connectivity index (χ0) is 9.97. The summed E-state index contributed by atoms with van der Waals surface area (Å²) in [5.74, 6) is 0.706. The number of hydrogen-bond acceptors (Lipinski definition) is 4. The molecule has 0 amide bonds. The molecule has 2 heterocycles. The van der Waals surface area contributed by atoms with Crippen molar-refractivity contribution in [2.24, 2.45) is 7.05 Å². The van der Waals surface area contributed by atoms with Crippen LogP contribution in [0.5, 0.6) is 0 Å². The van der Waals surface area contributed by atoms with Gasteiger partial charge in [0.1, 0.15) is 12.0 Å². The lowest BCUT2D eigenvalue weighted by Crippen LogP contribution is -2.03. The molecule has 0 aliphatic rings. The summed E-state index contributed by atoms with van der Waals surface area (Å²) in [6.07, 6.45) is 3.46. The highest BCUT2D eigenvalue weighted by Gasteiger charge is 2.05. The van der Waals surface area contributed by atoms with Crippen LogP contribution in [-0.4, -0.2) is 21.1 Å². The first-order valence-electron chi connectivity index (χ1n) is 4.46. The van der Waals surface area contributed by atoms with E-state index in [1.165, 1.54) is 6.33 Å². The third kappa shape index (κ3) is 1.42. The number of fused-ring (bicyclic) bond motifs is 1. The van der Waals surface area contributed by atoms with Crippen molar-refractivity contribution in [2.75, 3.05) is 12.1 Å². The van der Waals surface area contributed by atoms with Gasteiger partial charge < -0.3 is 4.57 Å². The second kappa shape index (κ2) is 3.63. The van der Waals surface area contributed by atoms with Gasteiger partial charge in [0.25, 0.3) is 0 Å². The Labute approximate surface area is 81.7 Å². The Morgan fingerprint density at radius 2 is 2.36 bits per heavy atom. The van der Waals surface area contributed by atoms with Crippen LogP contribution >= 0.6 is 0 Å². The second-order valence-electron chi connectivity index (χ2n) is 2.92. The molecule has 2 aromatic rings. The number of rotatable bonds is 3. The minimum Gasteiger partial charge on any atom is -0.335 e. The summed E-state index contributed by atoms with van der Waals surface area (Å²) in [7, 11) is 1.94. The SMILES string of the molecule is CCONc1ncnc2c1ccn2C. The first-order chi connectivity index (χ1) is 6.83. The molecule has 0 saturated carbocycles. The number of nitrogens with one attached hydrogen (secondary N) is 1. The third-order valence-corrected chi connectivity index (χ3v) is 1.97. The summed E-state index contributed by atoms with van der Waals surface area (Å²) < 4.78 is 1.94. The lowest BCUT2D eigenvalue weighted by atomic mass is 10.4. The molecule has 0 aliphatic heterocycles. The summed E-state index contributed by atoms with van der Waals surface area (Å²) >= 11 is 0. The fraction of sp³-hybridized carbons (Fsp3) is 0.333. The average Bonchev–Trinajstić information content (AvgIpc) is 2.58. The minimum absolute atomic E-state index is 0.596. The van der Waals surface area contributed by atoms with Crippen LogP contribution in [-0.2, 0) is 11.9 Å². The van der Waals surface area contributed by atoms with Gasteiger partial charge in [-0.15, -0.1) is 0 Å². The van der Waals surface area contributed by atoms with Gasteiger partial charge in [0.05, 0.1) is 12.0 Å². The van der Waals surface area contributed by atoms with Crippen LogP contribution in [0.15, 0.2) is 18.6 Å². The molecule has 5 heteroatoms. The standard InChI is InChI=1S/C9H12N4O/c1-3-14-12-8-7-4-5-13(2)9(7)11-6-10-8/h4-6H,3H2,1-2H3,(H,10,11,12). The molecule has 2 rings (SSSR count). The number of hydrogen-bond donors (Lipinski definition) is 1. The lowest BCUT2D eigenvalue weighted by Gasteiger charge is -2.04. The first-order valence-corrected chi connectivity index (χ1v) is 4.46. The van der Waals surface area contributed by atoms with Crippen LogP contribution in [0.2, 0.25) is 0 Å². The highest BCUT2D eigenvalue weighted by Crippen LogP contribution is 2.18. The Hall–Kier alpha value is -1.62. The molecule has 5 nitrogen and oxygen atoms in total. The largest absolute Gasteiger partial charge is 0.335 e. The molecule has 0 atom stereocenters. The fourth-order valence-electron chi connectivity index (χ4n) is 1.30. The summed E-state index contributed by atoms with van der Waals surface area (Å²) in [4.78, 5) is 13.4. The number of aryl methyl sites for hydroxylation is 1. The molecule has 0 aromatic carbocycles. The van der Waals surface area contributed by atoms with Crippen molar-refractivity contribution in [1.82, 2.24) is 14.5 Å². The van der Waals surface area contributed by atoms with E-state index in [1.807, 2.05) is 30.8 Å². The Bertz CT molecular complexity index is 437. The smallest absolute Gasteiger partial charge is 0.162 e. The Morgan fingerprint density at radius 3 is 3.14 bits per heavy atom. The fourth-order valence-corrected chi connectivity index (χ4v) is 1.30. The van der Waals surface area contributed by atoms with E-state index in [2.05, 4.69) is 15.4 Å². The predicted octanol–water partition coefficient (Wildman–Crippen LogP) is 1.33. The second-order valence-corrected chi connectivity index (χ2v) is 2.92. The molecule has 2 aromatic heterocycles. The first kappa shape index (κ1) is 8.96. The topological polar surface area (TPSA) is 52.0 Å². The highest BCUT2D eigenvalue weighted by molar-refractivity contribution is 5.86. The van der Waals surface area contributed by atoms with Gasteiger partial charge in [-0.25, -0.2) is 15.4 Å². The van der Waals surface area contributed by atoms with Crippen molar-refractivity contribution in [2.45, 2.75) is 6.92 Å². The summed E-state index contributed by atoms with van der Waals surface area (Å²) in [6.45, 7) is 2.51. The molecule has 0 saturated heterocycles. The molecule has 0 spiro atoms. The van der Waals surface area contributed by atoms with Gasteiger partial charge in [-0.3, -0.25) is 4.84 Å². The van der Waals surface area contributed by atoms with Gasteiger partial charge in [0, 0.05) is 13.2 Å². The molecule has 0 bridgehead atoms. The maximum atomic E-state index is 5.09. The van der Waals surface area contributed by atoms with E-state index in [0.29, 0.717) is 12.4 Å². The molecular formula is C9H12N4O. The van der Waals surface area contributed by atoms with E-state index in [-0.39, 0.29) is 0 Å². The van der Waals surface area contributed by atoms with E-state index < -0.39 is 0 Å². The van der Waals surface area contributed by atoms with E-state index in [9.17, 15) is 0 Å². The van der Waals surface area contributed by atoms with Gasteiger partial charge in [-0.1, -0.05) is 0 Å². The van der Waals surface area contributed by atoms with Crippen molar-refractivity contribution in [3.05, 3.63) is 18.6 Å². The van der Waals surface area contributed by atoms with Crippen molar-refractivity contribution in [1.29, 1.82) is 0 Å². The van der Waals surface area contributed by atoms with Crippen molar-refractivity contribution in [3.63, 3.8) is 0 Å². The van der Waals surface area contributed by atoms with Gasteiger partial charge in [0.2, 0.25) is 0 Å². The van der Waals surface area contributed by atoms with Crippen molar-refractivity contribution < 1.29 is 4.84 Å². The molecular weight excluding hydrogens is 180 g/mol. The quantitative estimate of drug-likeness (QED) is 0.745. The number of nitrogens with zero attached hydrogens (tertiary/aromatic N) is 3. The van der Waals surface area contributed by atoms with Gasteiger partial charge in [-0.2, -0.15) is 0 Å². The van der Waals surface area contributed by atoms with Crippen LogP contribution < -0.4 is 5.48 Å². The van der Waals surface area contributed by atoms with E-state index >= 15 is 0 Å². The maximum absolute atomic E-state index is 5.09. The van der Waals surface area contributed by atoms with E-state index in [0.717, 1.165) is 11.0 Å². The monoisotopic (exact) mass is 192 g/mol. The zero-order valence-electron chi connectivity index (χ0n) is 8.19. The summed E-state index contributed by atoms with van der Waals surface area (Å²) in [6, 6.07) is 1.96. The third-order valence-electron chi connectivity index (χ3n) is 1.97. The highest BCUT2D eigenvalue weighted by atomic mass is 16.6. The van der Waals surface area contributed by atoms with Crippen LogP contribution in [0.4, 0.5) is 5.82 Å². The molecule has 0 unspecified atom stereocenters. The normalized spacial score (nSPS) is 10.7. The number of aromatic nitrogens is 3. The van der Waals surface area contributed by atoms with E-state index in [4.69, 9.17) is 4.84 Å². The van der Waals surface area contributed by atoms with Gasteiger partial charge in [-0.05, 0) is 13.0 Å². The van der Waals surface area contributed by atoms with Crippen LogP contribution in [0.1, 0.15) is 6.92 Å². The zero-order valence-corrected chi connectivity index (χ0v) is 8.19. The van der Waals surface area contributed by atoms with Gasteiger partial charge >= 0.3 is 0 Å². The maximum Gasteiger partial charge on any atom is 0.162 e. The predicted molar refractivity (Wildman–Crippen MR) is 53.8 cm³/mol. The van der Waals surface area contributed by atoms with Crippen molar-refractivity contribution in [3.8, 4) is 0 Å². The average molecular weight is 192 g/mol. The number of anilines is 1.